The van der Waals surface area contributed by atoms with E-state index in [1.165, 1.54) is 15.6 Å². The molecular weight excluding hydrogens is 396 g/mol. The Morgan fingerprint density at radius 1 is 1.35 bits per heavy atom. The van der Waals surface area contributed by atoms with Crippen LogP contribution in [0.1, 0.15) is 23.1 Å². The number of halogens is 1. The lowest BCUT2D eigenvalue weighted by Gasteiger charge is -2.24. The van der Waals surface area contributed by atoms with E-state index in [0.717, 1.165) is 16.1 Å². The molecule has 0 aliphatic carbocycles. The van der Waals surface area contributed by atoms with Gasteiger partial charge >= 0.3 is 6.03 Å². The lowest BCUT2D eigenvalue weighted by atomic mass is 10.2. The van der Waals surface area contributed by atoms with E-state index in [2.05, 4.69) is 15.6 Å². The Kier molecular flexibility index (Phi) is 5.81. The molecule has 0 bridgehead atoms. The van der Waals surface area contributed by atoms with Crippen molar-refractivity contribution in [2.45, 2.75) is 26.4 Å². The summed E-state index contributed by atoms with van der Waals surface area (Å²) in [6, 6.07) is 6.85. The lowest BCUT2D eigenvalue weighted by Crippen LogP contribution is -2.36. The maximum atomic E-state index is 12.0. The van der Waals surface area contributed by atoms with Crippen LogP contribution in [0.5, 0.6) is 0 Å². The van der Waals surface area contributed by atoms with Crippen LogP contribution in [0.15, 0.2) is 24.3 Å². The first-order chi connectivity index (χ1) is 12.4. The van der Waals surface area contributed by atoms with Gasteiger partial charge in [-0.1, -0.05) is 35.1 Å². The number of nitrogens with one attached hydrogen (secondary N) is 2. The molecule has 10 heteroatoms. The van der Waals surface area contributed by atoms with Gasteiger partial charge in [0.15, 0.2) is 5.13 Å². The number of hydrogen-bond donors (Lipinski definition) is 2. The highest BCUT2D eigenvalue weighted by Crippen LogP contribution is 2.29. The minimum absolute atomic E-state index is 0.0827. The van der Waals surface area contributed by atoms with Crippen molar-refractivity contribution in [3.63, 3.8) is 0 Å². The molecule has 3 rings (SSSR count). The molecule has 2 aromatic rings. The third-order valence-electron chi connectivity index (χ3n) is 4.04. The van der Waals surface area contributed by atoms with Crippen LogP contribution in [-0.2, 0) is 29.5 Å². The number of carbonyl (C=O) groups is 1. The highest BCUT2D eigenvalue weighted by atomic mass is 35.5. The van der Waals surface area contributed by atoms with Crippen LogP contribution in [0.4, 0.5) is 9.93 Å². The summed E-state index contributed by atoms with van der Waals surface area (Å²) < 4.78 is 25.5. The molecule has 140 valence electrons. The molecule has 0 atom stereocenters. The maximum absolute atomic E-state index is 12.0. The van der Waals surface area contributed by atoms with Gasteiger partial charge in [0, 0.05) is 36.0 Å². The van der Waals surface area contributed by atoms with Crippen LogP contribution in [0.25, 0.3) is 0 Å². The fraction of sp³-hybridized carbons (Fsp3) is 0.375. The number of urea groups is 1. The summed E-state index contributed by atoms with van der Waals surface area (Å²) in [5, 5.41) is 6.58. The number of sulfonamides is 1. The third kappa shape index (κ3) is 4.53. The Balaban J connectivity index is 1.58. The zero-order valence-electron chi connectivity index (χ0n) is 14.2. The van der Waals surface area contributed by atoms with Crippen molar-refractivity contribution in [3.05, 3.63) is 45.4 Å². The Morgan fingerprint density at radius 3 is 2.77 bits per heavy atom. The molecule has 1 aromatic heterocycles. The average Bonchev–Trinajstić information content (AvgIpc) is 3.02. The van der Waals surface area contributed by atoms with Crippen LogP contribution in [0, 0.1) is 0 Å². The average molecular weight is 415 g/mol. The lowest BCUT2D eigenvalue weighted by molar-refractivity contribution is 0.251. The molecule has 1 aromatic carbocycles. The smallest absolute Gasteiger partial charge is 0.321 e. The molecule has 2 heterocycles. The van der Waals surface area contributed by atoms with Crippen molar-refractivity contribution < 1.29 is 13.2 Å². The van der Waals surface area contributed by atoms with E-state index in [9.17, 15) is 13.2 Å². The quantitative estimate of drug-likeness (QED) is 0.786. The molecule has 1 aliphatic heterocycles. The van der Waals surface area contributed by atoms with Crippen LogP contribution in [-0.4, -0.2) is 36.0 Å². The molecule has 2 N–H and O–H groups in total. The first-order valence-corrected chi connectivity index (χ1v) is 10.9. The molecule has 26 heavy (non-hydrogen) atoms. The summed E-state index contributed by atoms with van der Waals surface area (Å²) in [7, 11) is -3.22. The number of hydrogen-bond acceptors (Lipinski definition) is 5. The monoisotopic (exact) mass is 414 g/mol. The van der Waals surface area contributed by atoms with Gasteiger partial charge in [0.25, 0.3) is 0 Å². The summed E-state index contributed by atoms with van der Waals surface area (Å²) in [4.78, 5) is 17.3. The molecule has 0 saturated carbocycles. The fourth-order valence-corrected chi connectivity index (χ4v) is 4.86. The zero-order valence-corrected chi connectivity index (χ0v) is 16.5. The first-order valence-electron chi connectivity index (χ1n) is 8.13. The highest BCUT2D eigenvalue weighted by molar-refractivity contribution is 7.89. The van der Waals surface area contributed by atoms with Gasteiger partial charge in [-0.25, -0.2) is 18.2 Å². The largest absolute Gasteiger partial charge is 0.334 e. The molecule has 7 nitrogen and oxygen atoms in total. The summed E-state index contributed by atoms with van der Waals surface area (Å²) in [5.41, 5.74) is 1.79. The van der Waals surface area contributed by atoms with Crippen LogP contribution in [0.2, 0.25) is 5.02 Å². The molecule has 0 saturated heterocycles. The number of carbonyl (C=O) groups excluding carboxylic acids is 1. The minimum Gasteiger partial charge on any atom is -0.334 e. The Hall–Kier alpha value is -1.68. The van der Waals surface area contributed by atoms with Crippen molar-refractivity contribution in [2.75, 3.05) is 17.6 Å². The Labute approximate surface area is 161 Å². The standard InChI is InChI=1S/C16H19ClN4O3S2/c1-2-26(23,24)21-8-7-13-14(10-21)25-16(19-13)20-15(22)18-9-11-3-5-12(17)6-4-11/h3-6H,2,7-10H2,1H3,(H2,18,19,20,22). The van der Waals surface area contributed by atoms with Crippen molar-refractivity contribution in [1.82, 2.24) is 14.6 Å². The van der Waals surface area contributed by atoms with Gasteiger partial charge in [0.2, 0.25) is 10.0 Å². The van der Waals surface area contributed by atoms with E-state index in [-0.39, 0.29) is 11.8 Å². The SMILES string of the molecule is CCS(=O)(=O)N1CCc2nc(NC(=O)NCc3ccc(Cl)cc3)sc2C1. The highest BCUT2D eigenvalue weighted by Gasteiger charge is 2.28. The predicted molar refractivity (Wildman–Crippen MR) is 103 cm³/mol. The van der Waals surface area contributed by atoms with Gasteiger partial charge in [-0.05, 0) is 24.6 Å². The van der Waals surface area contributed by atoms with Crippen molar-refractivity contribution >= 4 is 44.1 Å². The van der Waals surface area contributed by atoms with E-state index < -0.39 is 10.0 Å². The first kappa shape index (κ1) is 19.1. The van der Waals surface area contributed by atoms with Gasteiger partial charge < -0.3 is 5.32 Å². The third-order valence-corrected chi connectivity index (χ3v) is 7.12. The second-order valence-corrected chi connectivity index (χ2v) is 9.58. The van der Waals surface area contributed by atoms with Crippen LogP contribution >= 0.6 is 22.9 Å². The number of rotatable bonds is 5. The number of aromatic nitrogens is 1. The molecule has 2 amide bonds. The van der Waals surface area contributed by atoms with E-state index in [1.54, 1.807) is 19.1 Å². The van der Waals surface area contributed by atoms with Gasteiger partial charge in [-0.2, -0.15) is 4.31 Å². The maximum Gasteiger partial charge on any atom is 0.321 e. The Bertz CT molecular complexity index is 897. The zero-order chi connectivity index (χ0) is 18.7. The normalized spacial score (nSPS) is 14.7. The summed E-state index contributed by atoms with van der Waals surface area (Å²) in [6.07, 6.45) is 0.555. The fourth-order valence-electron chi connectivity index (χ4n) is 2.57. The van der Waals surface area contributed by atoms with E-state index >= 15 is 0 Å². The summed E-state index contributed by atoms with van der Waals surface area (Å²) in [5.74, 6) is 0.0827. The molecule has 1 aliphatic rings. The second-order valence-electron chi connectivity index (χ2n) is 5.81. The van der Waals surface area contributed by atoms with Crippen LogP contribution in [0.3, 0.4) is 0 Å². The number of fused-ring (bicyclic) bond motifs is 1. The van der Waals surface area contributed by atoms with Crippen molar-refractivity contribution in [2.24, 2.45) is 0 Å². The molecule has 0 unspecified atom stereocenters. The topological polar surface area (TPSA) is 91.4 Å². The summed E-state index contributed by atoms with van der Waals surface area (Å²) >= 11 is 7.14. The number of anilines is 1. The van der Waals surface area contributed by atoms with Gasteiger partial charge in [0.1, 0.15) is 0 Å². The molecule has 0 fully saturated rings. The van der Waals surface area contributed by atoms with E-state index in [1.807, 2.05) is 12.1 Å². The van der Waals surface area contributed by atoms with E-state index in [0.29, 0.717) is 36.2 Å². The van der Waals surface area contributed by atoms with E-state index in [4.69, 9.17) is 11.6 Å². The van der Waals surface area contributed by atoms with Gasteiger partial charge in [-0.3, -0.25) is 5.32 Å². The molecule has 0 spiro atoms. The van der Waals surface area contributed by atoms with Gasteiger partial charge in [-0.15, -0.1) is 0 Å². The molecular formula is C16H19ClN4O3S2. The minimum atomic E-state index is -3.22. The number of benzene rings is 1. The number of nitrogens with zero attached hydrogens (tertiary/aromatic N) is 2. The van der Waals surface area contributed by atoms with Crippen LogP contribution < -0.4 is 10.6 Å². The second kappa shape index (κ2) is 7.91. The van der Waals surface area contributed by atoms with Crippen molar-refractivity contribution in [1.29, 1.82) is 0 Å². The molecule has 0 radical (unpaired) electrons. The van der Waals surface area contributed by atoms with Crippen molar-refractivity contribution in [3.8, 4) is 0 Å². The predicted octanol–water partition coefficient (Wildman–Crippen LogP) is 2.83. The summed E-state index contributed by atoms with van der Waals surface area (Å²) in [6.45, 7) is 2.75. The number of amides is 2. The van der Waals surface area contributed by atoms with Gasteiger partial charge in [0.05, 0.1) is 11.4 Å². The Morgan fingerprint density at radius 2 is 2.08 bits per heavy atom. The number of thiazole rings is 1.